The van der Waals surface area contributed by atoms with Crippen molar-refractivity contribution < 1.29 is 5.11 Å². The Hall–Kier alpha value is -1.99. The van der Waals surface area contributed by atoms with Gasteiger partial charge in [-0.1, -0.05) is 28.1 Å². The van der Waals surface area contributed by atoms with Gasteiger partial charge in [0.05, 0.1) is 18.5 Å². The number of anilines is 1. The fourth-order valence-electron chi connectivity index (χ4n) is 2.73. The largest absolute Gasteiger partial charge is 0.391 e. The number of rotatable bonds is 5. The molecule has 1 aromatic carbocycles. The molecule has 6 nitrogen and oxygen atoms in total. The molecule has 7 heteroatoms. The number of nitrogens with two attached hydrogens (primary N) is 1. The molecule has 0 aliphatic carbocycles. The first-order valence-electron chi connectivity index (χ1n) is 7.42. The lowest BCUT2D eigenvalue weighted by Gasteiger charge is -2.22. The van der Waals surface area contributed by atoms with E-state index in [-0.39, 0.29) is 6.04 Å². The normalized spacial score (nSPS) is 14.0. The Bertz CT molecular complexity index is 817. The van der Waals surface area contributed by atoms with E-state index in [0.717, 1.165) is 17.3 Å². The molecule has 120 valence electrons. The Labute approximate surface area is 142 Å². The van der Waals surface area contributed by atoms with Crippen molar-refractivity contribution in [3.8, 4) is 0 Å². The van der Waals surface area contributed by atoms with E-state index in [9.17, 15) is 5.11 Å². The van der Waals surface area contributed by atoms with Crippen molar-refractivity contribution in [1.82, 2.24) is 19.5 Å². The van der Waals surface area contributed by atoms with Crippen LogP contribution in [-0.2, 0) is 6.42 Å². The number of aliphatic hydroxyl groups is 1. The van der Waals surface area contributed by atoms with Crippen LogP contribution in [0.4, 0.5) is 5.82 Å². The van der Waals surface area contributed by atoms with Gasteiger partial charge >= 0.3 is 0 Å². The van der Waals surface area contributed by atoms with Crippen LogP contribution >= 0.6 is 15.9 Å². The molecule has 2 aromatic heterocycles. The lowest BCUT2D eigenvalue weighted by atomic mass is 10.0. The third-order valence-corrected chi connectivity index (χ3v) is 4.41. The van der Waals surface area contributed by atoms with Gasteiger partial charge in [-0.3, -0.25) is 0 Å². The first kappa shape index (κ1) is 15.9. The Morgan fingerprint density at radius 3 is 2.87 bits per heavy atom. The highest BCUT2D eigenvalue weighted by Gasteiger charge is 2.21. The van der Waals surface area contributed by atoms with Crippen LogP contribution in [0.2, 0.25) is 0 Å². The van der Waals surface area contributed by atoms with Gasteiger partial charge in [-0.15, -0.1) is 0 Å². The van der Waals surface area contributed by atoms with E-state index < -0.39 is 6.10 Å². The monoisotopic (exact) mass is 375 g/mol. The summed E-state index contributed by atoms with van der Waals surface area (Å²) in [5.74, 6) is 0.352. The van der Waals surface area contributed by atoms with Gasteiger partial charge in [0.2, 0.25) is 0 Å². The number of aryl methyl sites for hydroxylation is 1. The third kappa shape index (κ3) is 3.35. The van der Waals surface area contributed by atoms with Gasteiger partial charge in [0.25, 0.3) is 0 Å². The second kappa shape index (κ2) is 6.64. The summed E-state index contributed by atoms with van der Waals surface area (Å²) in [7, 11) is 0. The maximum absolute atomic E-state index is 10.2. The van der Waals surface area contributed by atoms with Crippen LogP contribution in [0, 0.1) is 0 Å². The van der Waals surface area contributed by atoms with E-state index in [1.807, 2.05) is 16.7 Å². The van der Waals surface area contributed by atoms with Gasteiger partial charge in [0, 0.05) is 4.47 Å². The highest BCUT2D eigenvalue weighted by molar-refractivity contribution is 9.10. The minimum Gasteiger partial charge on any atom is -0.391 e. The van der Waals surface area contributed by atoms with Crippen LogP contribution in [-0.4, -0.2) is 30.7 Å². The predicted molar refractivity (Wildman–Crippen MR) is 92.9 cm³/mol. The Kier molecular flexibility index (Phi) is 4.58. The number of hydrogen-bond acceptors (Lipinski definition) is 5. The molecule has 0 saturated heterocycles. The maximum atomic E-state index is 10.2. The van der Waals surface area contributed by atoms with E-state index in [4.69, 9.17) is 5.73 Å². The number of halogens is 1. The number of benzene rings is 1. The van der Waals surface area contributed by atoms with Crippen LogP contribution < -0.4 is 5.73 Å². The average molecular weight is 376 g/mol. The van der Waals surface area contributed by atoms with Crippen LogP contribution in [0.3, 0.4) is 0 Å². The zero-order valence-corrected chi connectivity index (χ0v) is 14.3. The summed E-state index contributed by atoms with van der Waals surface area (Å²) >= 11 is 3.48. The quantitative estimate of drug-likeness (QED) is 0.715. The fraction of sp³-hybridized carbons (Fsp3) is 0.312. The van der Waals surface area contributed by atoms with Gasteiger partial charge in [0.15, 0.2) is 11.5 Å². The molecule has 0 aliphatic heterocycles. The van der Waals surface area contributed by atoms with Crippen molar-refractivity contribution in [3.63, 3.8) is 0 Å². The number of aliphatic hydroxyl groups excluding tert-OH is 1. The maximum Gasteiger partial charge on any atom is 0.165 e. The van der Waals surface area contributed by atoms with Crippen molar-refractivity contribution in [2.45, 2.75) is 31.9 Å². The van der Waals surface area contributed by atoms with Crippen molar-refractivity contribution in [1.29, 1.82) is 0 Å². The number of aromatic nitrogens is 4. The highest BCUT2D eigenvalue weighted by Crippen LogP contribution is 2.25. The number of nitrogens with zero attached hydrogens (tertiary/aromatic N) is 4. The van der Waals surface area contributed by atoms with Gasteiger partial charge in [0.1, 0.15) is 11.8 Å². The van der Waals surface area contributed by atoms with Crippen LogP contribution in [0.15, 0.2) is 41.4 Å². The molecule has 23 heavy (non-hydrogen) atoms. The summed E-state index contributed by atoms with van der Waals surface area (Å²) in [5, 5.41) is 10.2. The number of hydrogen-bond donors (Lipinski definition) is 2. The first-order valence-corrected chi connectivity index (χ1v) is 8.21. The highest BCUT2D eigenvalue weighted by atomic mass is 79.9. The zero-order chi connectivity index (χ0) is 16.4. The number of imidazole rings is 1. The average Bonchev–Trinajstić information content (AvgIpc) is 2.93. The van der Waals surface area contributed by atoms with Crippen LogP contribution in [0.5, 0.6) is 0 Å². The predicted octanol–water partition coefficient (Wildman–Crippen LogP) is 2.73. The molecule has 2 atom stereocenters. The zero-order valence-electron chi connectivity index (χ0n) is 12.7. The Morgan fingerprint density at radius 2 is 2.13 bits per heavy atom. The van der Waals surface area contributed by atoms with Gasteiger partial charge in [-0.25, -0.2) is 15.0 Å². The molecule has 0 radical (unpaired) electrons. The summed E-state index contributed by atoms with van der Waals surface area (Å²) in [6, 6.07) is 8.05. The molecule has 3 N–H and O–H groups in total. The van der Waals surface area contributed by atoms with E-state index in [2.05, 4.69) is 43.0 Å². The minimum absolute atomic E-state index is 0.131. The molecule has 0 saturated carbocycles. The van der Waals surface area contributed by atoms with Crippen LogP contribution in [0.25, 0.3) is 11.2 Å². The minimum atomic E-state index is -0.532. The summed E-state index contributed by atoms with van der Waals surface area (Å²) in [4.78, 5) is 12.5. The van der Waals surface area contributed by atoms with E-state index >= 15 is 0 Å². The molecule has 0 unspecified atom stereocenters. The Morgan fingerprint density at radius 1 is 1.30 bits per heavy atom. The second-order valence-corrected chi connectivity index (χ2v) is 6.48. The lowest BCUT2D eigenvalue weighted by molar-refractivity contribution is 0.126. The molecule has 0 bridgehead atoms. The number of fused-ring (bicyclic) bond motifs is 1. The molecule has 3 aromatic rings. The second-order valence-electron chi connectivity index (χ2n) is 5.56. The van der Waals surface area contributed by atoms with Crippen molar-refractivity contribution in [2.75, 3.05) is 5.73 Å². The summed E-state index contributed by atoms with van der Waals surface area (Å²) in [5.41, 5.74) is 8.27. The third-order valence-electron chi connectivity index (χ3n) is 3.92. The van der Waals surface area contributed by atoms with E-state index in [1.165, 1.54) is 11.9 Å². The molecule has 0 fully saturated rings. The van der Waals surface area contributed by atoms with E-state index in [1.54, 1.807) is 13.3 Å². The topological polar surface area (TPSA) is 89.8 Å². The van der Waals surface area contributed by atoms with Gasteiger partial charge < -0.3 is 15.4 Å². The molecule has 2 heterocycles. The van der Waals surface area contributed by atoms with E-state index in [0.29, 0.717) is 17.0 Å². The standard InChI is InChI=1S/C16H18BrN5O/c1-10(23)13(6-5-11-3-2-4-12(17)7-11)22-9-21-14-15(18)19-8-20-16(14)22/h2-4,7-10,13,23H,5-6H2,1H3,(H2,18,19,20)/t10-,13+/m0/s1. The van der Waals surface area contributed by atoms with Gasteiger partial charge in [-0.2, -0.15) is 0 Å². The van der Waals surface area contributed by atoms with Crippen molar-refractivity contribution in [2.24, 2.45) is 0 Å². The van der Waals surface area contributed by atoms with Crippen LogP contribution in [0.1, 0.15) is 24.9 Å². The molecule has 0 amide bonds. The molecular weight excluding hydrogens is 358 g/mol. The Balaban J connectivity index is 1.87. The molecule has 0 spiro atoms. The summed E-state index contributed by atoms with van der Waals surface area (Å²) in [6.07, 6.45) is 4.17. The van der Waals surface area contributed by atoms with Crippen molar-refractivity contribution >= 4 is 32.9 Å². The molecule has 0 aliphatic rings. The molecular formula is C16H18BrN5O. The first-order chi connectivity index (χ1) is 11.1. The smallest absolute Gasteiger partial charge is 0.165 e. The SMILES string of the molecule is C[C@H](O)[C@@H](CCc1cccc(Br)c1)n1cnc2c(N)ncnc21. The number of nitrogen functional groups attached to an aromatic ring is 1. The fourth-order valence-corrected chi connectivity index (χ4v) is 3.18. The van der Waals surface area contributed by atoms with Crippen molar-refractivity contribution in [3.05, 3.63) is 47.0 Å². The molecule has 3 rings (SSSR count). The summed E-state index contributed by atoms with van der Waals surface area (Å²) in [6.45, 7) is 1.78. The van der Waals surface area contributed by atoms with Gasteiger partial charge in [-0.05, 0) is 37.5 Å². The summed E-state index contributed by atoms with van der Waals surface area (Å²) < 4.78 is 2.94. The lowest BCUT2D eigenvalue weighted by Crippen LogP contribution is -2.22.